The Kier molecular flexibility index (Phi) is 9.23. The van der Waals surface area contributed by atoms with E-state index >= 15 is 0 Å². The predicted octanol–water partition coefficient (Wildman–Crippen LogP) is 7.99. The fourth-order valence-electron chi connectivity index (χ4n) is 5.74. The van der Waals surface area contributed by atoms with Gasteiger partial charge in [0.05, 0.1) is 31.4 Å². The minimum absolute atomic E-state index is 0.108. The number of urea groups is 1. The lowest BCUT2D eigenvalue weighted by Crippen LogP contribution is -2.54. The number of amides is 2. The van der Waals surface area contributed by atoms with Crippen molar-refractivity contribution in [2.24, 2.45) is 4.99 Å². The number of carbonyl (C=O) groups excluding carboxylic acids is 1. The molecule has 0 saturated carbocycles. The van der Waals surface area contributed by atoms with Gasteiger partial charge in [-0.05, 0) is 75.2 Å². The molecule has 1 saturated heterocycles. The number of aliphatic imine (C=N–C) groups is 1. The minimum Gasteiger partial charge on any atom is -0.497 e. The highest BCUT2D eigenvalue weighted by Crippen LogP contribution is 2.46. The van der Waals surface area contributed by atoms with Crippen LogP contribution in [0.3, 0.4) is 0 Å². The standard InChI is InChI=1S/C34H38Cl2N4O3/c1-21(2)39-18-17-38(20-23(39)5)34(41)40-32(25-9-13-27(36)14-10-25)31(24-7-11-26(35)12-8-24)37-33(40)29-16-15-28(42-6)19-30(29)43-22(3)4/h7-16,19,21-22,31-32H,5,17-18,20H2,1-4,6H3/t31-,32+/m0/s1. The number of piperazine rings is 1. The molecule has 43 heavy (non-hydrogen) atoms. The molecule has 5 rings (SSSR count). The van der Waals surface area contributed by atoms with E-state index in [-0.39, 0.29) is 12.1 Å². The van der Waals surface area contributed by atoms with Crippen molar-refractivity contribution in [3.05, 3.63) is 106 Å². The zero-order valence-corrected chi connectivity index (χ0v) is 26.8. The highest BCUT2D eigenvalue weighted by atomic mass is 35.5. The molecule has 0 bridgehead atoms. The highest BCUT2D eigenvalue weighted by molar-refractivity contribution is 6.30. The number of hydrogen-bond acceptors (Lipinski definition) is 5. The van der Waals surface area contributed by atoms with Gasteiger partial charge in [0.15, 0.2) is 0 Å². The van der Waals surface area contributed by atoms with Crippen molar-refractivity contribution >= 4 is 35.1 Å². The van der Waals surface area contributed by atoms with Crippen molar-refractivity contribution in [3.63, 3.8) is 0 Å². The first-order valence-corrected chi connectivity index (χ1v) is 15.3. The van der Waals surface area contributed by atoms with E-state index in [0.29, 0.717) is 58.6 Å². The molecule has 1 fully saturated rings. The number of carbonyl (C=O) groups is 1. The van der Waals surface area contributed by atoms with Gasteiger partial charge < -0.3 is 19.3 Å². The lowest BCUT2D eigenvalue weighted by Gasteiger charge is -2.42. The monoisotopic (exact) mass is 620 g/mol. The fraction of sp³-hybridized carbons (Fsp3) is 0.353. The molecule has 2 heterocycles. The third-order valence-electron chi connectivity index (χ3n) is 7.77. The second-order valence-corrected chi connectivity index (χ2v) is 12.3. The van der Waals surface area contributed by atoms with Crippen LogP contribution < -0.4 is 9.47 Å². The first-order chi connectivity index (χ1) is 20.6. The predicted molar refractivity (Wildman–Crippen MR) is 173 cm³/mol. The summed E-state index contributed by atoms with van der Waals surface area (Å²) in [5.41, 5.74) is 3.47. The van der Waals surface area contributed by atoms with E-state index in [1.807, 2.05) is 90.4 Å². The first kappa shape index (κ1) is 30.8. The van der Waals surface area contributed by atoms with Gasteiger partial charge in [0.25, 0.3) is 0 Å². The van der Waals surface area contributed by atoms with Crippen LogP contribution in [0, 0.1) is 0 Å². The molecule has 3 aromatic rings. The topological polar surface area (TPSA) is 57.6 Å². The molecule has 2 atom stereocenters. The van der Waals surface area contributed by atoms with Gasteiger partial charge in [-0.1, -0.05) is 54.0 Å². The molecule has 7 nitrogen and oxygen atoms in total. The summed E-state index contributed by atoms with van der Waals surface area (Å²) in [6.45, 7) is 14.2. The van der Waals surface area contributed by atoms with Crippen LogP contribution in [0.1, 0.15) is 56.5 Å². The van der Waals surface area contributed by atoms with Crippen LogP contribution in [0.4, 0.5) is 4.79 Å². The van der Waals surface area contributed by atoms with E-state index in [1.54, 1.807) is 7.11 Å². The molecular weight excluding hydrogens is 583 g/mol. The summed E-state index contributed by atoms with van der Waals surface area (Å²) in [4.78, 5) is 25.9. The molecule has 2 amide bonds. The van der Waals surface area contributed by atoms with Gasteiger partial charge in [-0.15, -0.1) is 0 Å². The van der Waals surface area contributed by atoms with E-state index in [2.05, 4.69) is 25.3 Å². The Balaban J connectivity index is 1.67. The van der Waals surface area contributed by atoms with Crippen molar-refractivity contribution < 1.29 is 14.3 Å². The summed E-state index contributed by atoms with van der Waals surface area (Å²) in [5, 5.41) is 1.25. The number of benzene rings is 3. The number of methoxy groups -OCH3 is 1. The molecule has 0 unspecified atom stereocenters. The number of rotatable bonds is 7. The van der Waals surface area contributed by atoms with Gasteiger partial charge in [-0.25, -0.2) is 4.79 Å². The summed E-state index contributed by atoms with van der Waals surface area (Å²) in [6, 6.07) is 20.2. The Bertz CT molecular complexity index is 1510. The lowest BCUT2D eigenvalue weighted by molar-refractivity contribution is 0.132. The molecule has 0 aliphatic carbocycles. The smallest absolute Gasteiger partial charge is 0.326 e. The third kappa shape index (κ3) is 6.48. The maximum absolute atomic E-state index is 14.7. The van der Waals surface area contributed by atoms with Crippen molar-refractivity contribution in [2.45, 2.75) is 51.9 Å². The number of hydrogen-bond donors (Lipinski definition) is 0. The average Bonchev–Trinajstić information content (AvgIpc) is 3.37. The fourth-order valence-corrected chi connectivity index (χ4v) is 5.99. The maximum Gasteiger partial charge on any atom is 0.326 e. The van der Waals surface area contributed by atoms with E-state index < -0.39 is 12.1 Å². The van der Waals surface area contributed by atoms with Crippen molar-refractivity contribution in [2.75, 3.05) is 26.7 Å². The average molecular weight is 622 g/mol. The maximum atomic E-state index is 14.7. The van der Waals surface area contributed by atoms with Crippen LogP contribution in [0.5, 0.6) is 11.5 Å². The Morgan fingerprint density at radius 3 is 2.12 bits per heavy atom. The molecule has 226 valence electrons. The number of nitrogens with zero attached hydrogens (tertiary/aromatic N) is 4. The van der Waals surface area contributed by atoms with Gasteiger partial charge in [-0.2, -0.15) is 0 Å². The lowest BCUT2D eigenvalue weighted by atomic mass is 9.93. The first-order valence-electron chi connectivity index (χ1n) is 14.5. The van der Waals surface area contributed by atoms with Crippen LogP contribution in [0.25, 0.3) is 0 Å². The Labute approximate surface area is 264 Å². The third-order valence-corrected chi connectivity index (χ3v) is 8.28. The Morgan fingerprint density at radius 2 is 1.56 bits per heavy atom. The minimum atomic E-state index is -0.452. The van der Waals surface area contributed by atoms with E-state index in [9.17, 15) is 4.79 Å². The number of halogens is 2. The molecule has 2 aliphatic rings. The molecule has 0 spiro atoms. The normalized spacial score (nSPS) is 18.9. The molecule has 2 aliphatic heterocycles. The summed E-state index contributed by atoms with van der Waals surface area (Å²) in [6.07, 6.45) is -0.108. The number of amidine groups is 1. The zero-order chi connectivity index (χ0) is 30.8. The van der Waals surface area contributed by atoms with Crippen LogP contribution in [-0.4, -0.2) is 65.5 Å². The van der Waals surface area contributed by atoms with Gasteiger partial charge in [-0.3, -0.25) is 9.89 Å². The van der Waals surface area contributed by atoms with E-state index in [4.69, 9.17) is 37.7 Å². The molecule has 0 radical (unpaired) electrons. The van der Waals surface area contributed by atoms with E-state index in [0.717, 1.165) is 16.8 Å². The molecule has 3 aromatic carbocycles. The quantitative estimate of drug-likeness (QED) is 0.268. The van der Waals surface area contributed by atoms with Crippen LogP contribution >= 0.6 is 23.2 Å². The van der Waals surface area contributed by atoms with Gasteiger partial charge in [0.1, 0.15) is 23.4 Å². The second-order valence-electron chi connectivity index (χ2n) is 11.4. The van der Waals surface area contributed by atoms with Crippen LogP contribution in [-0.2, 0) is 0 Å². The zero-order valence-electron chi connectivity index (χ0n) is 25.3. The molecular formula is C34H38Cl2N4O3. The summed E-state index contributed by atoms with van der Waals surface area (Å²) in [5.74, 6) is 1.77. The Morgan fingerprint density at radius 1 is 0.930 bits per heavy atom. The van der Waals surface area contributed by atoms with Crippen molar-refractivity contribution in [1.29, 1.82) is 0 Å². The van der Waals surface area contributed by atoms with Gasteiger partial charge in [0.2, 0.25) is 0 Å². The van der Waals surface area contributed by atoms with Crippen molar-refractivity contribution in [3.8, 4) is 11.5 Å². The van der Waals surface area contributed by atoms with Gasteiger partial charge >= 0.3 is 6.03 Å². The van der Waals surface area contributed by atoms with Gasteiger partial charge in [0, 0.05) is 40.9 Å². The molecule has 0 aromatic heterocycles. The van der Waals surface area contributed by atoms with Crippen LogP contribution in [0.15, 0.2) is 84.0 Å². The largest absolute Gasteiger partial charge is 0.497 e. The SMILES string of the molecule is C=C1CN(C(=O)N2C(c3ccc(OC)cc3OC(C)C)=N[C@@H](c3ccc(Cl)cc3)[C@H]2c2ccc(Cl)cc2)CCN1C(C)C. The molecule has 0 N–H and O–H groups in total. The second kappa shape index (κ2) is 12.9. The Hall–Kier alpha value is -3.68. The summed E-state index contributed by atoms with van der Waals surface area (Å²) >= 11 is 12.6. The summed E-state index contributed by atoms with van der Waals surface area (Å²) in [7, 11) is 1.62. The van der Waals surface area contributed by atoms with Crippen LogP contribution in [0.2, 0.25) is 10.0 Å². The van der Waals surface area contributed by atoms with E-state index in [1.165, 1.54) is 0 Å². The number of ether oxygens (including phenoxy) is 2. The molecule has 9 heteroatoms. The summed E-state index contributed by atoms with van der Waals surface area (Å²) < 4.78 is 11.8. The highest BCUT2D eigenvalue weighted by Gasteiger charge is 2.45. The van der Waals surface area contributed by atoms with Crippen molar-refractivity contribution in [1.82, 2.24) is 14.7 Å².